The first-order chi connectivity index (χ1) is 12.3. The van der Waals surface area contributed by atoms with E-state index >= 15 is 0 Å². The Bertz CT molecular complexity index is 676. The molecule has 1 aliphatic rings. The first-order valence-electron chi connectivity index (χ1n) is 8.58. The van der Waals surface area contributed by atoms with Gasteiger partial charge >= 0.3 is 0 Å². The summed E-state index contributed by atoms with van der Waals surface area (Å²) in [4.78, 5) is 36.3. The van der Waals surface area contributed by atoms with Gasteiger partial charge in [0.1, 0.15) is 23.7 Å². The molecule has 1 fully saturated rings. The number of halogens is 2. The second-order valence-corrected chi connectivity index (χ2v) is 6.64. The molecule has 26 heavy (non-hydrogen) atoms. The second-order valence-electron chi connectivity index (χ2n) is 6.64. The monoisotopic (exact) mass is 367 g/mol. The Morgan fingerprint density at radius 2 is 1.92 bits per heavy atom. The number of carbonyl (C=O) groups excluding carboxylic acids is 3. The maximum Gasteiger partial charge on any atom is 0.242 e. The highest BCUT2D eigenvalue weighted by molar-refractivity contribution is 5.92. The molecule has 6 nitrogen and oxygen atoms in total. The molecule has 1 aliphatic heterocycles. The van der Waals surface area contributed by atoms with Crippen molar-refractivity contribution >= 4 is 17.7 Å². The zero-order chi connectivity index (χ0) is 19.3. The van der Waals surface area contributed by atoms with Gasteiger partial charge < -0.3 is 16.0 Å². The van der Waals surface area contributed by atoms with Gasteiger partial charge in [0.2, 0.25) is 17.7 Å². The SMILES string of the molecule is CC(NC(=O)Cc1cc(F)cc(F)c1)C(=O)NC1C(=O)NCCCC1C. The lowest BCUT2D eigenvalue weighted by Gasteiger charge is -2.23. The van der Waals surface area contributed by atoms with Crippen LogP contribution in [0, 0.1) is 17.6 Å². The fourth-order valence-corrected chi connectivity index (χ4v) is 2.91. The van der Waals surface area contributed by atoms with Crippen molar-refractivity contribution in [1.29, 1.82) is 0 Å². The van der Waals surface area contributed by atoms with Crippen LogP contribution in [0.1, 0.15) is 32.3 Å². The van der Waals surface area contributed by atoms with Crippen molar-refractivity contribution in [2.75, 3.05) is 6.54 Å². The van der Waals surface area contributed by atoms with Gasteiger partial charge in [-0.05, 0) is 43.4 Å². The van der Waals surface area contributed by atoms with Crippen LogP contribution in [0.15, 0.2) is 18.2 Å². The highest BCUT2D eigenvalue weighted by atomic mass is 19.1. The molecule has 2 rings (SSSR count). The molecule has 0 spiro atoms. The van der Waals surface area contributed by atoms with Crippen molar-refractivity contribution in [3.05, 3.63) is 35.4 Å². The number of benzene rings is 1. The predicted molar refractivity (Wildman–Crippen MR) is 91.0 cm³/mol. The Kier molecular flexibility index (Phi) is 6.65. The molecule has 8 heteroatoms. The summed E-state index contributed by atoms with van der Waals surface area (Å²) in [5, 5.41) is 7.88. The molecule has 1 aromatic carbocycles. The average molecular weight is 367 g/mol. The van der Waals surface area contributed by atoms with E-state index in [0.29, 0.717) is 6.54 Å². The van der Waals surface area contributed by atoms with Gasteiger partial charge in [-0.15, -0.1) is 0 Å². The normalized spacial score (nSPS) is 21.3. The first-order valence-corrected chi connectivity index (χ1v) is 8.58. The van der Waals surface area contributed by atoms with Crippen molar-refractivity contribution in [3.8, 4) is 0 Å². The van der Waals surface area contributed by atoms with E-state index in [2.05, 4.69) is 16.0 Å². The summed E-state index contributed by atoms with van der Waals surface area (Å²) >= 11 is 0. The van der Waals surface area contributed by atoms with Crippen LogP contribution in [-0.4, -0.2) is 36.3 Å². The van der Waals surface area contributed by atoms with Crippen molar-refractivity contribution in [2.24, 2.45) is 5.92 Å². The van der Waals surface area contributed by atoms with Gasteiger partial charge in [0, 0.05) is 12.6 Å². The predicted octanol–water partition coefficient (Wildman–Crippen LogP) is 1.04. The van der Waals surface area contributed by atoms with Gasteiger partial charge in [-0.2, -0.15) is 0 Å². The first kappa shape index (κ1) is 19.8. The van der Waals surface area contributed by atoms with E-state index in [0.717, 1.165) is 31.0 Å². The number of hydrogen-bond acceptors (Lipinski definition) is 3. The lowest BCUT2D eigenvalue weighted by atomic mass is 9.97. The van der Waals surface area contributed by atoms with Gasteiger partial charge in [0.05, 0.1) is 6.42 Å². The molecule has 142 valence electrons. The van der Waals surface area contributed by atoms with Gasteiger partial charge in [-0.1, -0.05) is 6.92 Å². The topological polar surface area (TPSA) is 87.3 Å². The van der Waals surface area contributed by atoms with E-state index in [4.69, 9.17) is 0 Å². The van der Waals surface area contributed by atoms with E-state index in [1.165, 1.54) is 6.92 Å². The summed E-state index contributed by atoms with van der Waals surface area (Å²) in [5.41, 5.74) is 0.171. The third-order valence-electron chi connectivity index (χ3n) is 4.34. The van der Waals surface area contributed by atoms with Gasteiger partial charge in [0.25, 0.3) is 0 Å². The Balaban J connectivity index is 1.91. The molecule has 0 bridgehead atoms. The van der Waals surface area contributed by atoms with Crippen LogP contribution in [-0.2, 0) is 20.8 Å². The van der Waals surface area contributed by atoms with Gasteiger partial charge in [-0.3, -0.25) is 14.4 Å². The minimum absolute atomic E-state index is 0.0142. The summed E-state index contributed by atoms with van der Waals surface area (Å²) in [5.74, 6) is -2.83. The number of nitrogens with one attached hydrogen (secondary N) is 3. The highest BCUT2D eigenvalue weighted by Crippen LogP contribution is 2.14. The summed E-state index contributed by atoms with van der Waals surface area (Å²) in [6.07, 6.45) is 1.39. The largest absolute Gasteiger partial charge is 0.354 e. The van der Waals surface area contributed by atoms with Crippen molar-refractivity contribution in [2.45, 2.75) is 45.2 Å². The second kappa shape index (κ2) is 8.73. The van der Waals surface area contributed by atoms with E-state index in [1.54, 1.807) is 0 Å². The van der Waals surface area contributed by atoms with Crippen LogP contribution in [0.2, 0.25) is 0 Å². The number of carbonyl (C=O) groups is 3. The molecule has 0 saturated carbocycles. The lowest BCUT2D eigenvalue weighted by Crippen LogP contribution is -2.54. The van der Waals surface area contributed by atoms with Gasteiger partial charge in [0.15, 0.2) is 0 Å². The summed E-state index contributed by atoms with van der Waals surface area (Å²) in [6, 6.07) is 1.30. The molecule has 0 aliphatic carbocycles. The Hall–Kier alpha value is -2.51. The summed E-state index contributed by atoms with van der Waals surface area (Å²) in [6.45, 7) is 3.95. The number of rotatable bonds is 5. The Morgan fingerprint density at radius 3 is 2.58 bits per heavy atom. The molecule has 1 heterocycles. The van der Waals surface area contributed by atoms with Gasteiger partial charge in [-0.25, -0.2) is 8.78 Å². The van der Waals surface area contributed by atoms with Crippen LogP contribution in [0.4, 0.5) is 8.78 Å². The highest BCUT2D eigenvalue weighted by Gasteiger charge is 2.30. The molecule has 3 atom stereocenters. The lowest BCUT2D eigenvalue weighted by molar-refractivity contribution is -0.132. The fraction of sp³-hybridized carbons (Fsp3) is 0.500. The molecular formula is C18H23F2N3O3. The maximum absolute atomic E-state index is 13.2. The van der Waals surface area contributed by atoms with Crippen LogP contribution in [0.5, 0.6) is 0 Å². The third kappa shape index (κ3) is 5.50. The standard InChI is InChI=1S/C18H23F2N3O3/c1-10-4-3-5-21-18(26)16(10)23-17(25)11(2)22-15(24)8-12-6-13(19)9-14(20)7-12/h6-7,9-11,16H,3-5,8H2,1-2H3,(H,21,26)(H,22,24)(H,23,25). The molecule has 3 unspecified atom stereocenters. The van der Waals surface area contributed by atoms with E-state index in [-0.39, 0.29) is 23.8 Å². The average Bonchev–Trinajstić information content (AvgIpc) is 2.68. The minimum atomic E-state index is -0.885. The van der Waals surface area contributed by atoms with E-state index < -0.39 is 35.5 Å². The fourth-order valence-electron chi connectivity index (χ4n) is 2.91. The van der Waals surface area contributed by atoms with Crippen molar-refractivity contribution in [3.63, 3.8) is 0 Å². The Labute approximate surface area is 150 Å². The van der Waals surface area contributed by atoms with Crippen LogP contribution in [0.3, 0.4) is 0 Å². The van der Waals surface area contributed by atoms with E-state index in [9.17, 15) is 23.2 Å². The molecule has 0 aromatic heterocycles. The molecular weight excluding hydrogens is 344 g/mol. The van der Waals surface area contributed by atoms with Crippen LogP contribution in [0.25, 0.3) is 0 Å². The zero-order valence-corrected chi connectivity index (χ0v) is 14.8. The molecule has 0 radical (unpaired) electrons. The third-order valence-corrected chi connectivity index (χ3v) is 4.34. The number of hydrogen-bond donors (Lipinski definition) is 3. The quantitative estimate of drug-likeness (QED) is 0.727. The summed E-state index contributed by atoms with van der Waals surface area (Å²) in [7, 11) is 0. The Morgan fingerprint density at radius 1 is 1.27 bits per heavy atom. The molecule has 3 amide bonds. The molecule has 1 aromatic rings. The van der Waals surface area contributed by atoms with Crippen LogP contribution >= 0.6 is 0 Å². The zero-order valence-electron chi connectivity index (χ0n) is 14.8. The van der Waals surface area contributed by atoms with Crippen molar-refractivity contribution < 1.29 is 23.2 Å². The summed E-state index contributed by atoms with van der Waals surface area (Å²) < 4.78 is 26.3. The maximum atomic E-state index is 13.2. The minimum Gasteiger partial charge on any atom is -0.354 e. The molecule has 1 saturated heterocycles. The molecule has 3 N–H and O–H groups in total. The van der Waals surface area contributed by atoms with E-state index in [1.807, 2.05) is 6.92 Å². The number of amides is 3. The van der Waals surface area contributed by atoms with Crippen LogP contribution < -0.4 is 16.0 Å². The van der Waals surface area contributed by atoms with Crippen molar-refractivity contribution in [1.82, 2.24) is 16.0 Å². The smallest absolute Gasteiger partial charge is 0.242 e.